The molecule has 0 bridgehead atoms. The van der Waals surface area contributed by atoms with Crippen molar-refractivity contribution in [3.8, 4) is 5.75 Å². The van der Waals surface area contributed by atoms with Gasteiger partial charge >= 0.3 is 0 Å². The van der Waals surface area contributed by atoms with Gasteiger partial charge in [-0.1, -0.05) is 12.1 Å². The quantitative estimate of drug-likeness (QED) is 0.411. The van der Waals surface area contributed by atoms with E-state index in [0.29, 0.717) is 11.3 Å². The highest BCUT2D eigenvalue weighted by Gasteiger charge is 2.36. The summed E-state index contributed by atoms with van der Waals surface area (Å²) in [5, 5.41) is 12.6. The summed E-state index contributed by atoms with van der Waals surface area (Å²) in [6.45, 7) is 5.38. The van der Waals surface area contributed by atoms with Gasteiger partial charge in [0.25, 0.3) is 11.8 Å². The van der Waals surface area contributed by atoms with Gasteiger partial charge in [0, 0.05) is 5.54 Å². The summed E-state index contributed by atoms with van der Waals surface area (Å²) < 4.78 is 9.33. The molecular weight excluding hydrogens is 446 g/mol. The molecule has 3 aromatic rings. The first-order valence-corrected chi connectivity index (χ1v) is 10.7. The molecule has 2 aromatic heterocycles. The number of nitrogens with two attached hydrogens (primary N) is 2. The number of aromatic hydroxyl groups is 1. The number of furan rings is 1. The van der Waals surface area contributed by atoms with E-state index >= 15 is 0 Å². The van der Waals surface area contributed by atoms with Crippen molar-refractivity contribution in [3.05, 3.63) is 64.6 Å². The van der Waals surface area contributed by atoms with Crippen LogP contribution in [0.25, 0.3) is 0 Å². The fraction of sp³-hybridized carbons (Fsp3) is 0.273. The van der Waals surface area contributed by atoms with Gasteiger partial charge in [-0.3, -0.25) is 14.4 Å². The topological polar surface area (TPSA) is 165 Å². The molecule has 0 fully saturated rings. The summed E-state index contributed by atoms with van der Waals surface area (Å²) in [5.41, 5.74) is 10.8. The molecule has 11 heteroatoms. The zero-order chi connectivity index (χ0) is 24.3. The molecule has 0 aliphatic carbocycles. The molecule has 3 rings (SSSR count). The molecule has 0 unspecified atom stereocenters. The number of phenolic OH excluding ortho intramolecular Hbond substituents is 1. The molecule has 6 N–H and O–H groups in total. The molecule has 1 atom stereocenters. The Hall–Kier alpha value is -3.86. The lowest BCUT2D eigenvalue weighted by atomic mass is 10.0. The van der Waals surface area contributed by atoms with Crippen molar-refractivity contribution in [2.45, 2.75) is 38.9 Å². The van der Waals surface area contributed by atoms with Gasteiger partial charge in [0.05, 0.1) is 18.5 Å². The van der Waals surface area contributed by atoms with Gasteiger partial charge < -0.3 is 31.2 Å². The Balaban J connectivity index is 2.13. The highest BCUT2D eigenvalue weighted by Crippen LogP contribution is 2.31. The van der Waals surface area contributed by atoms with Crippen LogP contribution in [0.1, 0.15) is 58.3 Å². The van der Waals surface area contributed by atoms with E-state index in [4.69, 9.17) is 15.9 Å². The molecule has 0 radical (unpaired) electrons. The third-order valence-corrected chi connectivity index (χ3v) is 5.44. The van der Waals surface area contributed by atoms with E-state index in [2.05, 4.69) is 9.69 Å². The maximum absolute atomic E-state index is 13.7. The van der Waals surface area contributed by atoms with Crippen LogP contribution in [0.4, 0.5) is 5.69 Å². The van der Waals surface area contributed by atoms with Gasteiger partial charge in [0.15, 0.2) is 5.69 Å². The van der Waals surface area contributed by atoms with E-state index < -0.39 is 29.3 Å². The molecule has 0 aliphatic rings. The first-order valence-electron chi connectivity index (χ1n) is 9.97. The van der Waals surface area contributed by atoms with Crippen LogP contribution < -0.4 is 16.8 Å². The molecule has 0 aliphatic heterocycles. The fourth-order valence-electron chi connectivity index (χ4n) is 3.18. The standard InChI is InChI=1S/C22H25N5O5S/c1-22(2,3)25-20(30)17(12-6-8-13(28)9-7-12)27(11-14-5-4-10-32-14)21(31)18-15(23)16(19(24)29)26-33-18/h4-10,17,28H,11,23H2,1-3H3,(H2,24,29)(H,25,30)/t17-/m0/s1. The number of benzene rings is 1. The van der Waals surface area contributed by atoms with Crippen LogP contribution in [-0.4, -0.2) is 37.6 Å². The van der Waals surface area contributed by atoms with Crippen molar-refractivity contribution in [2.24, 2.45) is 5.73 Å². The first kappa shape index (κ1) is 23.8. The minimum atomic E-state index is -1.11. The Bertz CT molecular complexity index is 1150. The number of primary amides is 1. The predicted molar refractivity (Wildman–Crippen MR) is 122 cm³/mol. The number of carbonyl (C=O) groups excluding carboxylic acids is 3. The Morgan fingerprint density at radius 1 is 1.21 bits per heavy atom. The van der Waals surface area contributed by atoms with Crippen LogP contribution >= 0.6 is 11.5 Å². The zero-order valence-corrected chi connectivity index (χ0v) is 19.2. The number of aromatic nitrogens is 1. The number of hydrogen-bond donors (Lipinski definition) is 4. The SMILES string of the molecule is CC(C)(C)NC(=O)[C@H](c1ccc(O)cc1)N(Cc1ccco1)C(=O)c1snc(C(N)=O)c1N. The van der Waals surface area contributed by atoms with Crippen molar-refractivity contribution in [1.82, 2.24) is 14.6 Å². The van der Waals surface area contributed by atoms with Gasteiger partial charge in [-0.05, 0) is 62.1 Å². The maximum atomic E-state index is 13.7. The van der Waals surface area contributed by atoms with Crippen molar-refractivity contribution >= 4 is 34.9 Å². The average Bonchev–Trinajstić information content (AvgIpc) is 3.36. The number of phenols is 1. The van der Waals surface area contributed by atoms with Gasteiger partial charge in [-0.15, -0.1) is 0 Å². The minimum absolute atomic E-state index is 0.00967. The van der Waals surface area contributed by atoms with Crippen molar-refractivity contribution in [1.29, 1.82) is 0 Å². The van der Waals surface area contributed by atoms with Crippen LogP contribution in [0, 0.1) is 0 Å². The van der Waals surface area contributed by atoms with Crippen LogP contribution in [0.3, 0.4) is 0 Å². The highest BCUT2D eigenvalue weighted by molar-refractivity contribution is 7.09. The molecule has 33 heavy (non-hydrogen) atoms. The molecule has 174 valence electrons. The number of nitrogen functional groups attached to an aromatic ring is 1. The first-order chi connectivity index (χ1) is 15.5. The monoisotopic (exact) mass is 471 g/mol. The van der Waals surface area contributed by atoms with E-state index in [1.54, 1.807) is 24.3 Å². The number of amides is 3. The van der Waals surface area contributed by atoms with Crippen molar-refractivity contribution < 1.29 is 23.9 Å². The normalized spacial score (nSPS) is 12.2. The minimum Gasteiger partial charge on any atom is -0.508 e. The van der Waals surface area contributed by atoms with Crippen LogP contribution in [0.15, 0.2) is 47.1 Å². The molecule has 10 nitrogen and oxygen atoms in total. The van der Waals surface area contributed by atoms with E-state index in [0.717, 1.165) is 11.5 Å². The zero-order valence-electron chi connectivity index (χ0n) is 18.4. The highest BCUT2D eigenvalue weighted by atomic mass is 32.1. The molecule has 0 spiro atoms. The second-order valence-corrected chi connectivity index (χ2v) is 9.16. The second kappa shape index (κ2) is 9.33. The number of carbonyl (C=O) groups is 3. The summed E-state index contributed by atoms with van der Waals surface area (Å²) in [6, 6.07) is 8.17. The Morgan fingerprint density at radius 3 is 2.39 bits per heavy atom. The summed E-state index contributed by atoms with van der Waals surface area (Å²) in [6.07, 6.45) is 1.45. The van der Waals surface area contributed by atoms with Gasteiger partial charge in [-0.25, -0.2) is 0 Å². The number of nitrogens with one attached hydrogen (secondary N) is 1. The van der Waals surface area contributed by atoms with Crippen LogP contribution in [-0.2, 0) is 11.3 Å². The summed E-state index contributed by atoms with van der Waals surface area (Å²) in [4.78, 5) is 40.0. The molecular formula is C22H25N5O5S. The van der Waals surface area contributed by atoms with Crippen LogP contribution in [0.2, 0.25) is 0 Å². The van der Waals surface area contributed by atoms with Gasteiger partial charge in [0.2, 0.25) is 5.91 Å². The second-order valence-electron chi connectivity index (χ2n) is 8.38. The van der Waals surface area contributed by atoms with E-state index in [1.807, 2.05) is 20.8 Å². The smallest absolute Gasteiger partial charge is 0.270 e. The van der Waals surface area contributed by atoms with Gasteiger partial charge in [-0.2, -0.15) is 4.37 Å². The number of nitrogens with zero attached hydrogens (tertiary/aromatic N) is 2. The average molecular weight is 472 g/mol. The van der Waals surface area contributed by atoms with E-state index in [9.17, 15) is 19.5 Å². The fourth-order valence-corrected chi connectivity index (χ4v) is 3.94. The summed E-state index contributed by atoms with van der Waals surface area (Å²) >= 11 is 0.724. The van der Waals surface area contributed by atoms with Gasteiger partial charge in [0.1, 0.15) is 22.4 Å². The number of anilines is 1. The molecule has 3 amide bonds. The lowest BCUT2D eigenvalue weighted by molar-refractivity contribution is -0.127. The Labute approximate surface area is 194 Å². The largest absolute Gasteiger partial charge is 0.508 e. The molecule has 1 aromatic carbocycles. The van der Waals surface area contributed by atoms with Crippen molar-refractivity contribution in [2.75, 3.05) is 5.73 Å². The summed E-state index contributed by atoms with van der Waals surface area (Å²) in [7, 11) is 0. The maximum Gasteiger partial charge on any atom is 0.270 e. The molecule has 0 saturated carbocycles. The molecule has 2 heterocycles. The number of hydrogen-bond acceptors (Lipinski definition) is 8. The summed E-state index contributed by atoms with van der Waals surface area (Å²) in [5.74, 6) is -1.51. The van der Waals surface area contributed by atoms with E-state index in [1.165, 1.54) is 23.3 Å². The Morgan fingerprint density at radius 2 is 1.88 bits per heavy atom. The lowest BCUT2D eigenvalue weighted by Gasteiger charge is -2.33. The molecule has 0 saturated heterocycles. The van der Waals surface area contributed by atoms with E-state index in [-0.39, 0.29) is 28.6 Å². The van der Waals surface area contributed by atoms with Crippen molar-refractivity contribution in [3.63, 3.8) is 0 Å². The predicted octanol–water partition coefficient (Wildman–Crippen LogP) is 2.42. The lowest BCUT2D eigenvalue weighted by Crippen LogP contribution is -2.49. The van der Waals surface area contributed by atoms with Crippen LogP contribution in [0.5, 0.6) is 5.75 Å². The number of rotatable bonds is 7. The third kappa shape index (κ3) is 5.50. The Kier molecular flexibility index (Phi) is 6.73. The third-order valence-electron chi connectivity index (χ3n) is 4.59.